The van der Waals surface area contributed by atoms with Crippen LogP contribution in [0.4, 0.5) is 5.69 Å². The fourth-order valence-corrected chi connectivity index (χ4v) is 2.93. The van der Waals surface area contributed by atoms with Gasteiger partial charge >= 0.3 is 0 Å². The molecule has 1 N–H and O–H groups in total. The number of carbonyl (C=O) groups excluding carboxylic acids is 2. The molecule has 0 atom stereocenters. The van der Waals surface area contributed by atoms with Gasteiger partial charge in [-0.1, -0.05) is 44.2 Å². The van der Waals surface area contributed by atoms with Crippen LogP contribution in [0.1, 0.15) is 30.9 Å². The average molecular weight is 398 g/mol. The number of methoxy groups -OCH3 is 1. The van der Waals surface area contributed by atoms with Gasteiger partial charge in [-0.25, -0.2) is 0 Å². The summed E-state index contributed by atoms with van der Waals surface area (Å²) in [7, 11) is 5.11. The van der Waals surface area contributed by atoms with E-state index in [4.69, 9.17) is 4.74 Å². The molecule has 0 fully saturated rings. The fraction of sp³-hybridized carbons (Fsp3) is 0.391. The Labute approximate surface area is 173 Å². The summed E-state index contributed by atoms with van der Waals surface area (Å²) < 4.78 is 5.15. The number of nitrogens with one attached hydrogen (secondary N) is 1. The van der Waals surface area contributed by atoms with Gasteiger partial charge in [0.15, 0.2) is 0 Å². The van der Waals surface area contributed by atoms with Crippen molar-refractivity contribution in [3.63, 3.8) is 0 Å². The van der Waals surface area contributed by atoms with E-state index in [0.717, 1.165) is 5.56 Å². The quantitative estimate of drug-likeness (QED) is 0.705. The Morgan fingerprint density at radius 3 is 2.34 bits per heavy atom. The van der Waals surface area contributed by atoms with Crippen LogP contribution in [0, 0.1) is 0 Å². The van der Waals surface area contributed by atoms with E-state index in [9.17, 15) is 9.59 Å². The molecule has 0 unspecified atom stereocenters. The SMILES string of the molecule is COc1cccc(NC(=O)CN(C)C(=O)CN(C)Cc2ccc(C(C)C)cc2)c1. The van der Waals surface area contributed by atoms with E-state index in [-0.39, 0.29) is 24.9 Å². The molecular weight excluding hydrogens is 366 g/mol. The molecule has 0 aliphatic heterocycles. The van der Waals surface area contributed by atoms with Crippen molar-refractivity contribution in [1.29, 1.82) is 0 Å². The molecule has 0 radical (unpaired) electrons. The summed E-state index contributed by atoms with van der Waals surface area (Å²) >= 11 is 0. The molecule has 156 valence electrons. The van der Waals surface area contributed by atoms with Crippen LogP contribution in [-0.4, -0.2) is 55.9 Å². The normalized spacial score (nSPS) is 10.9. The number of carbonyl (C=O) groups is 2. The third kappa shape index (κ3) is 7.23. The second kappa shape index (κ2) is 10.6. The number of amides is 2. The number of nitrogens with zero attached hydrogens (tertiary/aromatic N) is 2. The number of benzene rings is 2. The third-order valence-corrected chi connectivity index (χ3v) is 4.66. The molecule has 0 saturated heterocycles. The molecule has 29 heavy (non-hydrogen) atoms. The largest absolute Gasteiger partial charge is 0.497 e. The Bertz CT molecular complexity index is 818. The monoisotopic (exact) mass is 397 g/mol. The smallest absolute Gasteiger partial charge is 0.243 e. The molecule has 0 aromatic heterocycles. The van der Waals surface area contributed by atoms with Crippen molar-refractivity contribution in [2.24, 2.45) is 0 Å². The van der Waals surface area contributed by atoms with Gasteiger partial charge in [0.25, 0.3) is 0 Å². The molecule has 2 amide bonds. The second-order valence-electron chi connectivity index (χ2n) is 7.60. The molecule has 2 aromatic carbocycles. The Kier molecular flexibility index (Phi) is 8.21. The van der Waals surface area contributed by atoms with Gasteiger partial charge in [0.05, 0.1) is 20.2 Å². The van der Waals surface area contributed by atoms with Gasteiger partial charge < -0.3 is 15.0 Å². The van der Waals surface area contributed by atoms with Crippen molar-refractivity contribution in [3.8, 4) is 5.75 Å². The number of hydrogen-bond acceptors (Lipinski definition) is 4. The maximum atomic E-state index is 12.5. The van der Waals surface area contributed by atoms with Crippen LogP contribution in [0.3, 0.4) is 0 Å². The van der Waals surface area contributed by atoms with E-state index < -0.39 is 0 Å². The molecule has 0 bridgehead atoms. The van der Waals surface area contributed by atoms with E-state index in [1.54, 1.807) is 38.4 Å². The molecule has 0 aliphatic carbocycles. The van der Waals surface area contributed by atoms with Crippen LogP contribution in [0.2, 0.25) is 0 Å². The van der Waals surface area contributed by atoms with Crippen molar-refractivity contribution in [1.82, 2.24) is 9.80 Å². The van der Waals surface area contributed by atoms with Crippen molar-refractivity contribution in [2.75, 3.05) is 39.6 Å². The maximum Gasteiger partial charge on any atom is 0.243 e. The minimum absolute atomic E-state index is 0.00698. The lowest BCUT2D eigenvalue weighted by Crippen LogP contribution is -2.40. The summed E-state index contributed by atoms with van der Waals surface area (Å²) in [6.45, 7) is 5.25. The van der Waals surface area contributed by atoms with Crippen LogP contribution in [-0.2, 0) is 16.1 Å². The van der Waals surface area contributed by atoms with E-state index >= 15 is 0 Å². The van der Waals surface area contributed by atoms with E-state index in [2.05, 4.69) is 43.4 Å². The number of hydrogen-bond donors (Lipinski definition) is 1. The minimum Gasteiger partial charge on any atom is -0.497 e. The minimum atomic E-state index is -0.249. The van der Waals surface area contributed by atoms with E-state index in [1.807, 2.05) is 11.9 Å². The van der Waals surface area contributed by atoms with Gasteiger partial charge in [0, 0.05) is 25.3 Å². The highest BCUT2D eigenvalue weighted by atomic mass is 16.5. The first-order valence-electron chi connectivity index (χ1n) is 9.73. The Balaban J connectivity index is 1.81. The lowest BCUT2D eigenvalue weighted by Gasteiger charge is -2.22. The van der Waals surface area contributed by atoms with E-state index in [0.29, 0.717) is 23.9 Å². The zero-order chi connectivity index (χ0) is 21.4. The molecule has 6 heteroatoms. The van der Waals surface area contributed by atoms with Crippen molar-refractivity contribution < 1.29 is 14.3 Å². The average Bonchev–Trinajstić information content (AvgIpc) is 2.68. The second-order valence-corrected chi connectivity index (χ2v) is 7.60. The predicted octanol–water partition coefficient (Wildman–Crippen LogP) is 3.35. The predicted molar refractivity (Wildman–Crippen MR) is 116 cm³/mol. The lowest BCUT2D eigenvalue weighted by molar-refractivity contribution is -0.134. The van der Waals surface area contributed by atoms with Gasteiger partial charge in [-0.15, -0.1) is 0 Å². The molecule has 2 aromatic rings. The molecule has 0 spiro atoms. The zero-order valence-corrected chi connectivity index (χ0v) is 17.9. The van der Waals surface area contributed by atoms with Crippen LogP contribution >= 0.6 is 0 Å². The fourth-order valence-electron chi connectivity index (χ4n) is 2.93. The van der Waals surface area contributed by atoms with Crippen LogP contribution in [0.25, 0.3) is 0 Å². The van der Waals surface area contributed by atoms with Crippen molar-refractivity contribution in [2.45, 2.75) is 26.3 Å². The van der Waals surface area contributed by atoms with Crippen molar-refractivity contribution in [3.05, 3.63) is 59.7 Å². The zero-order valence-electron chi connectivity index (χ0n) is 17.9. The lowest BCUT2D eigenvalue weighted by atomic mass is 10.0. The van der Waals surface area contributed by atoms with Gasteiger partial charge in [-0.05, 0) is 36.2 Å². The molecule has 0 aliphatic rings. The Morgan fingerprint density at radius 2 is 1.72 bits per heavy atom. The van der Waals surface area contributed by atoms with Gasteiger partial charge in [-0.2, -0.15) is 0 Å². The summed E-state index contributed by atoms with van der Waals surface area (Å²) in [5, 5.41) is 2.78. The highest BCUT2D eigenvalue weighted by Crippen LogP contribution is 2.17. The standard InChI is InChI=1S/C23H31N3O3/c1-17(2)19-11-9-18(10-12-19)14-25(3)16-23(28)26(4)15-22(27)24-20-7-6-8-21(13-20)29-5/h6-13,17H,14-16H2,1-5H3,(H,24,27). The maximum absolute atomic E-state index is 12.5. The highest BCUT2D eigenvalue weighted by molar-refractivity contribution is 5.94. The summed E-state index contributed by atoms with van der Waals surface area (Å²) in [6.07, 6.45) is 0. The third-order valence-electron chi connectivity index (χ3n) is 4.66. The number of likely N-dealkylation sites (N-methyl/N-ethyl adjacent to an activating group) is 2. The van der Waals surface area contributed by atoms with Gasteiger partial charge in [0.2, 0.25) is 11.8 Å². The number of rotatable bonds is 9. The Hall–Kier alpha value is -2.86. The van der Waals surface area contributed by atoms with Gasteiger partial charge in [0.1, 0.15) is 5.75 Å². The summed E-state index contributed by atoms with van der Waals surface area (Å²) in [4.78, 5) is 28.1. The van der Waals surface area contributed by atoms with E-state index in [1.165, 1.54) is 10.5 Å². The van der Waals surface area contributed by atoms with Crippen LogP contribution < -0.4 is 10.1 Å². The highest BCUT2D eigenvalue weighted by Gasteiger charge is 2.15. The van der Waals surface area contributed by atoms with Crippen molar-refractivity contribution >= 4 is 17.5 Å². The number of anilines is 1. The summed E-state index contributed by atoms with van der Waals surface area (Å²) in [5.74, 6) is 0.809. The summed E-state index contributed by atoms with van der Waals surface area (Å²) in [6, 6.07) is 15.6. The first-order chi connectivity index (χ1) is 13.8. The van der Waals surface area contributed by atoms with Gasteiger partial charge in [-0.3, -0.25) is 14.5 Å². The summed E-state index contributed by atoms with van der Waals surface area (Å²) in [5.41, 5.74) is 3.09. The number of ether oxygens (including phenoxy) is 1. The first-order valence-corrected chi connectivity index (χ1v) is 9.73. The molecule has 0 saturated carbocycles. The molecule has 0 heterocycles. The topological polar surface area (TPSA) is 61.9 Å². The first kappa shape index (κ1) is 22.4. The Morgan fingerprint density at radius 1 is 1.03 bits per heavy atom. The molecule has 2 rings (SSSR count). The van der Waals surface area contributed by atoms with Crippen LogP contribution in [0.15, 0.2) is 48.5 Å². The molecule has 6 nitrogen and oxygen atoms in total. The van der Waals surface area contributed by atoms with Crippen LogP contribution in [0.5, 0.6) is 5.75 Å². The molecular formula is C23H31N3O3.